The Hall–Kier alpha value is -2.34. The predicted octanol–water partition coefficient (Wildman–Crippen LogP) is 4.01. The molecule has 0 spiro atoms. The minimum atomic E-state index is -1.66. The Morgan fingerprint density at radius 3 is 2.54 bits per heavy atom. The summed E-state index contributed by atoms with van der Waals surface area (Å²) >= 11 is 0. The van der Waals surface area contributed by atoms with Crippen molar-refractivity contribution in [3.63, 3.8) is 0 Å². The number of nitrogens with one attached hydrogen (secondary N) is 1. The van der Waals surface area contributed by atoms with Gasteiger partial charge in [0.15, 0.2) is 17.5 Å². The smallest absolute Gasteiger partial charge is 0.195 e. The quantitative estimate of drug-likeness (QED) is 0.404. The van der Waals surface area contributed by atoms with Crippen molar-refractivity contribution in [1.29, 1.82) is 0 Å². The Morgan fingerprint density at radius 1 is 0.875 bits per heavy atom. The van der Waals surface area contributed by atoms with E-state index in [-0.39, 0.29) is 5.56 Å². The first-order chi connectivity index (χ1) is 11.6. The molecule has 0 bridgehead atoms. The van der Waals surface area contributed by atoms with Crippen LogP contribution in [0.2, 0.25) is 0 Å². The molecular weight excluding hydrogens is 320 g/mol. The van der Waals surface area contributed by atoms with Gasteiger partial charge in [0.25, 0.3) is 0 Å². The summed E-state index contributed by atoms with van der Waals surface area (Å²) in [6, 6.07) is 7.33. The van der Waals surface area contributed by atoms with E-state index < -0.39 is 28.8 Å². The lowest BCUT2D eigenvalue weighted by Crippen LogP contribution is -2.17. The van der Waals surface area contributed by atoms with Gasteiger partial charge < -0.3 is 9.88 Å². The fourth-order valence-corrected chi connectivity index (χ4v) is 3.30. The highest BCUT2D eigenvalue weighted by atomic mass is 19.2. The molecule has 0 unspecified atom stereocenters. The maximum atomic E-state index is 14.1. The van der Waals surface area contributed by atoms with E-state index in [0.717, 1.165) is 42.7 Å². The summed E-state index contributed by atoms with van der Waals surface area (Å²) in [5.74, 6) is -5.81. The molecule has 0 radical (unpaired) electrons. The number of benzene rings is 2. The van der Waals surface area contributed by atoms with Crippen LogP contribution < -0.4 is 5.32 Å². The van der Waals surface area contributed by atoms with Gasteiger partial charge in [0, 0.05) is 43.3 Å². The first-order valence-electron chi connectivity index (χ1n) is 7.72. The maximum Gasteiger partial charge on any atom is 0.195 e. The third kappa shape index (κ3) is 2.29. The number of hydrogen-bond acceptors (Lipinski definition) is 1. The molecule has 2 nitrogen and oxygen atoms in total. The molecule has 0 atom stereocenters. The molecule has 24 heavy (non-hydrogen) atoms. The van der Waals surface area contributed by atoms with Gasteiger partial charge in [-0.25, -0.2) is 17.6 Å². The van der Waals surface area contributed by atoms with E-state index in [0.29, 0.717) is 6.07 Å². The first kappa shape index (κ1) is 15.2. The highest BCUT2D eigenvalue weighted by molar-refractivity contribution is 5.86. The largest absolute Gasteiger partial charge is 0.343 e. The van der Waals surface area contributed by atoms with Gasteiger partial charge >= 0.3 is 0 Å². The number of halogens is 4. The number of hydrogen-bond donors (Lipinski definition) is 1. The molecular formula is C18H14F4N2. The average molecular weight is 334 g/mol. The Balaban J connectivity index is 1.93. The summed E-state index contributed by atoms with van der Waals surface area (Å²) in [6.07, 6.45) is 0.859. The van der Waals surface area contributed by atoms with E-state index in [1.807, 2.05) is 6.07 Å². The van der Waals surface area contributed by atoms with Crippen molar-refractivity contribution in [3.8, 4) is 11.1 Å². The van der Waals surface area contributed by atoms with E-state index in [2.05, 4.69) is 9.88 Å². The fourth-order valence-electron chi connectivity index (χ4n) is 3.30. The summed E-state index contributed by atoms with van der Waals surface area (Å²) in [6.45, 7) is 2.41. The second-order valence-corrected chi connectivity index (χ2v) is 5.90. The maximum absolute atomic E-state index is 14.1. The third-order valence-corrected chi connectivity index (χ3v) is 4.46. The number of nitrogens with zero attached hydrogens (tertiary/aromatic N) is 1. The summed E-state index contributed by atoms with van der Waals surface area (Å²) in [7, 11) is 0. The van der Waals surface area contributed by atoms with Crippen LogP contribution in [0.1, 0.15) is 5.69 Å². The number of fused-ring (bicyclic) bond motifs is 3. The Labute approximate surface area is 135 Å². The van der Waals surface area contributed by atoms with E-state index in [9.17, 15) is 17.6 Å². The van der Waals surface area contributed by atoms with Gasteiger partial charge in [0.1, 0.15) is 5.82 Å². The molecule has 1 aliphatic heterocycles. The topological polar surface area (TPSA) is 17.0 Å². The van der Waals surface area contributed by atoms with Crippen LogP contribution in [0.25, 0.3) is 22.0 Å². The summed E-state index contributed by atoms with van der Waals surface area (Å²) in [5, 5.41) is 4.25. The van der Waals surface area contributed by atoms with Crippen molar-refractivity contribution in [3.05, 3.63) is 59.3 Å². The van der Waals surface area contributed by atoms with Crippen molar-refractivity contribution in [2.45, 2.75) is 13.0 Å². The van der Waals surface area contributed by atoms with Gasteiger partial charge in [0.2, 0.25) is 0 Å². The molecule has 4 rings (SSSR count). The monoisotopic (exact) mass is 334 g/mol. The van der Waals surface area contributed by atoms with Crippen molar-refractivity contribution in [2.24, 2.45) is 0 Å². The Bertz CT molecular complexity index is 946. The molecule has 0 saturated carbocycles. The zero-order valence-corrected chi connectivity index (χ0v) is 12.7. The lowest BCUT2D eigenvalue weighted by molar-refractivity contribution is 0.437. The lowest BCUT2D eigenvalue weighted by atomic mass is 10.0. The van der Waals surface area contributed by atoms with E-state index >= 15 is 0 Å². The van der Waals surface area contributed by atoms with Crippen molar-refractivity contribution < 1.29 is 17.6 Å². The predicted molar refractivity (Wildman–Crippen MR) is 83.8 cm³/mol. The Kier molecular flexibility index (Phi) is 3.57. The molecule has 2 aromatic carbocycles. The van der Waals surface area contributed by atoms with Gasteiger partial charge in [-0.05, 0) is 23.1 Å². The molecule has 124 valence electrons. The zero-order chi connectivity index (χ0) is 16.8. The van der Waals surface area contributed by atoms with Gasteiger partial charge in [-0.3, -0.25) is 0 Å². The molecule has 3 aromatic rings. The molecule has 1 aliphatic rings. The second-order valence-electron chi connectivity index (χ2n) is 5.90. The highest BCUT2D eigenvalue weighted by Crippen LogP contribution is 2.32. The van der Waals surface area contributed by atoms with Crippen LogP contribution in [-0.4, -0.2) is 17.7 Å². The molecule has 1 N–H and O–H groups in total. The molecule has 2 heterocycles. The number of aromatic nitrogens is 1. The summed E-state index contributed by atoms with van der Waals surface area (Å²) < 4.78 is 56.9. The van der Waals surface area contributed by atoms with Crippen molar-refractivity contribution in [2.75, 3.05) is 13.1 Å². The SMILES string of the molecule is Fc1cc(F)c(-c2ccc3cc4n(c3c2)CCNCC4)c(F)c1F. The van der Waals surface area contributed by atoms with Gasteiger partial charge in [-0.1, -0.05) is 12.1 Å². The lowest BCUT2D eigenvalue weighted by Gasteiger charge is -2.10. The van der Waals surface area contributed by atoms with Crippen LogP contribution in [0.15, 0.2) is 30.3 Å². The van der Waals surface area contributed by atoms with Crippen LogP contribution in [0, 0.1) is 23.3 Å². The van der Waals surface area contributed by atoms with Crippen LogP contribution in [0.3, 0.4) is 0 Å². The molecule has 6 heteroatoms. The zero-order valence-electron chi connectivity index (χ0n) is 12.7. The minimum Gasteiger partial charge on any atom is -0.343 e. The first-order valence-corrected chi connectivity index (χ1v) is 7.72. The van der Waals surface area contributed by atoms with Crippen LogP contribution in [-0.2, 0) is 13.0 Å². The van der Waals surface area contributed by atoms with Gasteiger partial charge in [-0.2, -0.15) is 0 Å². The molecule has 0 amide bonds. The third-order valence-electron chi connectivity index (χ3n) is 4.46. The van der Waals surface area contributed by atoms with E-state index in [1.165, 1.54) is 6.07 Å². The average Bonchev–Trinajstić information content (AvgIpc) is 2.74. The van der Waals surface area contributed by atoms with Crippen molar-refractivity contribution in [1.82, 2.24) is 9.88 Å². The normalized spacial score (nSPS) is 14.7. The fraction of sp³-hybridized carbons (Fsp3) is 0.222. The van der Waals surface area contributed by atoms with Crippen molar-refractivity contribution >= 4 is 10.9 Å². The second kappa shape index (κ2) is 5.63. The Morgan fingerprint density at radius 2 is 1.71 bits per heavy atom. The van der Waals surface area contributed by atoms with E-state index in [4.69, 9.17) is 0 Å². The number of rotatable bonds is 1. The molecule has 1 aromatic heterocycles. The molecule has 0 aliphatic carbocycles. The standard InChI is InChI=1S/C18H14F4N2/c19-13-9-14(20)17(21)18(22)16(13)11-2-1-10-7-12-3-4-23-5-6-24(12)15(10)8-11/h1-2,7-9,23H,3-6H2. The minimum absolute atomic E-state index is 0.189. The molecule has 0 saturated heterocycles. The van der Waals surface area contributed by atoms with Gasteiger partial charge in [0.05, 0.1) is 5.56 Å². The summed E-state index contributed by atoms with van der Waals surface area (Å²) in [5.41, 5.74) is 1.61. The van der Waals surface area contributed by atoms with Gasteiger partial charge in [-0.15, -0.1) is 0 Å². The van der Waals surface area contributed by atoms with Crippen LogP contribution in [0.4, 0.5) is 17.6 Å². The molecule has 0 fully saturated rings. The highest BCUT2D eigenvalue weighted by Gasteiger charge is 2.21. The summed E-state index contributed by atoms with van der Waals surface area (Å²) in [4.78, 5) is 0. The van der Waals surface area contributed by atoms with Crippen LogP contribution in [0.5, 0.6) is 0 Å². The van der Waals surface area contributed by atoms with E-state index in [1.54, 1.807) is 12.1 Å². The van der Waals surface area contributed by atoms with Crippen LogP contribution >= 0.6 is 0 Å².